The van der Waals surface area contributed by atoms with Gasteiger partial charge in [-0.2, -0.15) is 13.2 Å². The molecule has 1 aromatic rings. The highest BCUT2D eigenvalue weighted by molar-refractivity contribution is 9.10. The molecular formula is C14H16BrF3O. The minimum absolute atomic E-state index is 0.1000. The summed E-state index contributed by atoms with van der Waals surface area (Å²) >= 11 is 3.14. The van der Waals surface area contributed by atoms with Crippen LogP contribution in [0, 0.1) is 11.8 Å². The van der Waals surface area contributed by atoms with Gasteiger partial charge in [-0.3, -0.25) is 4.79 Å². The fourth-order valence-corrected chi connectivity index (χ4v) is 2.41. The molecule has 106 valence electrons. The molecule has 0 fully saturated rings. The van der Waals surface area contributed by atoms with Crippen molar-refractivity contribution in [3.05, 3.63) is 33.8 Å². The fraction of sp³-hybridized carbons (Fsp3) is 0.500. The van der Waals surface area contributed by atoms with Gasteiger partial charge >= 0.3 is 6.18 Å². The first-order valence-electron chi connectivity index (χ1n) is 6.04. The number of carbonyl (C=O) groups excluding carboxylic acids is 1. The minimum Gasteiger partial charge on any atom is -0.294 e. The highest BCUT2D eigenvalue weighted by Crippen LogP contribution is 2.33. The number of rotatable bonds is 4. The number of hydrogen-bond acceptors (Lipinski definition) is 1. The molecule has 0 spiro atoms. The van der Waals surface area contributed by atoms with E-state index in [1.807, 2.05) is 13.8 Å². The second-order valence-corrected chi connectivity index (χ2v) is 5.94. The van der Waals surface area contributed by atoms with Crippen LogP contribution in [0.15, 0.2) is 22.7 Å². The monoisotopic (exact) mass is 336 g/mol. The molecule has 1 rings (SSSR count). The predicted octanol–water partition coefficient (Wildman–Crippen LogP) is 5.33. The number of ketones is 1. The van der Waals surface area contributed by atoms with Gasteiger partial charge in [0.15, 0.2) is 5.78 Å². The average molecular weight is 337 g/mol. The molecular weight excluding hydrogens is 321 g/mol. The second-order valence-electron chi connectivity index (χ2n) is 5.09. The van der Waals surface area contributed by atoms with Crippen LogP contribution in [0.3, 0.4) is 0 Å². The largest absolute Gasteiger partial charge is 0.416 e. The van der Waals surface area contributed by atoms with Crippen LogP contribution in [0.5, 0.6) is 0 Å². The Labute approximate surface area is 119 Å². The van der Waals surface area contributed by atoms with E-state index in [1.165, 1.54) is 6.07 Å². The van der Waals surface area contributed by atoms with E-state index in [0.29, 0.717) is 16.8 Å². The SMILES string of the molecule is CC(C)CC(C)C(=O)c1cc(C(F)(F)F)ccc1Br. The summed E-state index contributed by atoms with van der Waals surface area (Å²) in [6.07, 6.45) is -3.78. The molecule has 19 heavy (non-hydrogen) atoms. The van der Waals surface area contributed by atoms with Crippen molar-refractivity contribution in [3.63, 3.8) is 0 Å². The lowest BCUT2D eigenvalue weighted by Gasteiger charge is -2.15. The molecule has 0 N–H and O–H groups in total. The van der Waals surface area contributed by atoms with Gasteiger partial charge in [-0.05, 0) is 30.5 Å². The van der Waals surface area contributed by atoms with E-state index in [4.69, 9.17) is 0 Å². The molecule has 5 heteroatoms. The number of benzene rings is 1. The maximum Gasteiger partial charge on any atom is 0.416 e. The highest BCUT2D eigenvalue weighted by atomic mass is 79.9. The molecule has 0 saturated carbocycles. The molecule has 0 aliphatic rings. The Balaban J connectivity index is 3.09. The van der Waals surface area contributed by atoms with Gasteiger partial charge in [0.1, 0.15) is 0 Å². The molecule has 0 radical (unpaired) electrons. The third-order valence-electron chi connectivity index (χ3n) is 2.83. The number of Topliss-reactive ketones (excluding diaryl/α,β-unsaturated/α-hetero) is 1. The molecule has 1 unspecified atom stereocenters. The van der Waals surface area contributed by atoms with Crippen LogP contribution in [-0.4, -0.2) is 5.78 Å². The maximum absolute atomic E-state index is 12.6. The van der Waals surface area contributed by atoms with E-state index in [0.717, 1.165) is 12.1 Å². The van der Waals surface area contributed by atoms with Gasteiger partial charge in [-0.25, -0.2) is 0 Å². The summed E-state index contributed by atoms with van der Waals surface area (Å²) in [5.41, 5.74) is -0.696. The molecule has 0 aliphatic heterocycles. The van der Waals surface area contributed by atoms with Crippen molar-refractivity contribution in [2.24, 2.45) is 11.8 Å². The zero-order chi connectivity index (χ0) is 14.8. The zero-order valence-corrected chi connectivity index (χ0v) is 12.6. The van der Waals surface area contributed by atoms with Crippen molar-refractivity contribution >= 4 is 21.7 Å². The molecule has 0 aromatic heterocycles. The first kappa shape index (κ1) is 16.2. The summed E-state index contributed by atoms with van der Waals surface area (Å²) < 4.78 is 38.3. The topological polar surface area (TPSA) is 17.1 Å². The van der Waals surface area contributed by atoms with Crippen molar-refractivity contribution in [1.29, 1.82) is 0 Å². The van der Waals surface area contributed by atoms with Gasteiger partial charge in [0.05, 0.1) is 5.56 Å². The summed E-state index contributed by atoms with van der Waals surface area (Å²) in [5.74, 6) is -0.227. The Morgan fingerprint density at radius 3 is 2.32 bits per heavy atom. The first-order chi connectivity index (χ1) is 8.62. The highest BCUT2D eigenvalue weighted by Gasteiger charge is 2.32. The molecule has 0 saturated heterocycles. The van der Waals surface area contributed by atoms with E-state index < -0.39 is 11.7 Å². The number of hydrogen-bond donors (Lipinski definition) is 0. The van der Waals surface area contributed by atoms with Crippen molar-refractivity contribution in [2.75, 3.05) is 0 Å². The predicted molar refractivity (Wildman–Crippen MR) is 72.1 cm³/mol. The summed E-state index contributed by atoms with van der Waals surface area (Å²) in [6, 6.07) is 3.16. The van der Waals surface area contributed by atoms with E-state index in [-0.39, 0.29) is 17.3 Å². The Hall–Kier alpha value is -0.840. The standard InChI is InChI=1S/C14H16BrF3O/c1-8(2)6-9(3)13(19)11-7-10(14(16,17)18)4-5-12(11)15/h4-5,7-9H,6H2,1-3H3. The molecule has 1 atom stereocenters. The Morgan fingerprint density at radius 1 is 1.26 bits per heavy atom. The van der Waals surface area contributed by atoms with Crippen LogP contribution < -0.4 is 0 Å². The van der Waals surface area contributed by atoms with Crippen molar-refractivity contribution < 1.29 is 18.0 Å². The number of alkyl halides is 3. The molecule has 0 bridgehead atoms. The average Bonchev–Trinajstić information content (AvgIpc) is 2.26. The van der Waals surface area contributed by atoms with E-state index in [2.05, 4.69) is 15.9 Å². The van der Waals surface area contributed by atoms with E-state index in [1.54, 1.807) is 6.92 Å². The molecule has 0 aliphatic carbocycles. The Kier molecular flexibility index (Phi) is 5.18. The molecule has 1 aromatic carbocycles. The number of carbonyl (C=O) groups is 1. The van der Waals surface area contributed by atoms with Crippen molar-refractivity contribution in [2.45, 2.75) is 33.4 Å². The van der Waals surface area contributed by atoms with Gasteiger partial charge in [-0.15, -0.1) is 0 Å². The third-order valence-corrected chi connectivity index (χ3v) is 3.52. The zero-order valence-electron chi connectivity index (χ0n) is 11.0. The van der Waals surface area contributed by atoms with E-state index >= 15 is 0 Å². The van der Waals surface area contributed by atoms with Crippen LogP contribution >= 0.6 is 15.9 Å². The second kappa shape index (κ2) is 6.07. The van der Waals surface area contributed by atoms with Crippen LogP contribution in [0.1, 0.15) is 43.1 Å². The summed E-state index contributed by atoms with van der Waals surface area (Å²) in [4.78, 5) is 12.2. The van der Waals surface area contributed by atoms with Crippen LogP contribution in [0.25, 0.3) is 0 Å². The van der Waals surface area contributed by atoms with Gasteiger partial charge in [0.25, 0.3) is 0 Å². The van der Waals surface area contributed by atoms with Crippen molar-refractivity contribution in [1.82, 2.24) is 0 Å². The van der Waals surface area contributed by atoms with Gasteiger partial charge in [0.2, 0.25) is 0 Å². The first-order valence-corrected chi connectivity index (χ1v) is 6.83. The molecule has 1 nitrogen and oxygen atoms in total. The van der Waals surface area contributed by atoms with Crippen LogP contribution in [-0.2, 0) is 6.18 Å². The summed E-state index contributed by atoms with van der Waals surface area (Å²) in [5, 5.41) is 0. The summed E-state index contributed by atoms with van der Waals surface area (Å²) in [6.45, 7) is 5.70. The smallest absolute Gasteiger partial charge is 0.294 e. The Bertz CT molecular complexity index is 466. The lowest BCUT2D eigenvalue weighted by Crippen LogP contribution is -2.15. The van der Waals surface area contributed by atoms with Gasteiger partial charge in [0, 0.05) is 16.0 Å². The third kappa shape index (κ3) is 4.34. The summed E-state index contributed by atoms with van der Waals surface area (Å²) in [7, 11) is 0. The molecule has 0 heterocycles. The lowest BCUT2D eigenvalue weighted by molar-refractivity contribution is -0.137. The van der Waals surface area contributed by atoms with Crippen LogP contribution in [0.2, 0.25) is 0 Å². The van der Waals surface area contributed by atoms with Crippen molar-refractivity contribution in [3.8, 4) is 0 Å². The quantitative estimate of drug-likeness (QED) is 0.679. The van der Waals surface area contributed by atoms with Gasteiger partial charge in [-0.1, -0.05) is 36.7 Å². The van der Waals surface area contributed by atoms with Crippen LogP contribution in [0.4, 0.5) is 13.2 Å². The Morgan fingerprint density at radius 2 is 1.84 bits per heavy atom. The maximum atomic E-state index is 12.6. The minimum atomic E-state index is -4.43. The fourth-order valence-electron chi connectivity index (χ4n) is 1.97. The number of halogens is 4. The lowest BCUT2D eigenvalue weighted by atomic mass is 9.91. The normalized spacial score (nSPS) is 13.7. The van der Waals surface area contributed by atoms with E-state index in [9.17, 15) is 18.0 Å². The van der Waals surface area contributed by atoms with Gasteiger partial charge < -0.3 is 0 Å². The molecule has 0 amide bonds.